The summed E-state index contributed by atoms with van der Waals surface area (Å²) in [5.74, 6) is 0.308. The minimum Gasteiger partial charge on any atom is -0.347 e. The van der Waals surface area contributed by atoms with E-state index >= 15 is 0 Å². The summed E-state index contributed by atoms with van der Waals surface area (Å²) in [4.78, 5) is 17.6. The van der Waals surface area contributed by atoms with Gasteiger partial charge in [0.15, 0.2) is 0 Å². The fourth-order valence-electron chi connectivity index (χ4n) is 4.56. The van der Waals surface area contributed by atoms with Crippen molar-refractivity contribution in [3.05, 3.63) is 24.3 Å². The number of carbonyl (C=O) groups is 1. The van der Waals surface area contributed by atoms with Crippen LogP contribution in [0.2, 0.25) is 0 Å². The Kier molecular flexibility index (Phi) is 2.52. The topological polar surface area (TPSA) is 23.3 Å². The molecule has 2 heterocycles. The number of carbonyl (C=O) groups excluding carboxylic acids is 1. The fraction of sp³-hybridized carbons (Fsp3) is 0.611. The first-order valence-corrected chi connectivity index (χ1v) is 8.19. The average Bonchev–Trinajstić information content (AvgIpc) is 3.07. The molecule has 0 bridgehead atoms. The quantitative estimate of drug-likeness (QED) is 0.678. The van der Waals surface area contributed by atoms with Crippen molar-refractivity contribution in [1.29, 1.82) is 0 Å². The van der Waals surface area contributed by atoms with Crippen molar-refractivity contribution in [3.63, 3.8) is 0 Å². The molecule has 1 aromatic carbocycles. The predicted molar refractivity (Wildman–Crippen MR) is 85.8 cm³/mol. The molecule has 2 aliphatic heterocycles. The molecule has 0 radical (unpaired) electrons. The van der Waals surface area contributed by atoms with Gasteiger partial charge >= 0.3 is 0 Å². The van der Waals surface area contributed by atoms with Gasteiger partial charge < -0.3 is 9.80 Å². The third-order valence-corrected chi connectivity index (χ3v) is 5.41. The van der Waals surface area contributed by atoms with Crippen LogP contribution in [-0.4, -0.2) is 23.0 Å². The molecule has 112 valence electrons. The van der Waals surface area contributed by atoms with Gasteiger partial charge in [-0.3, -0.25) is 4.79 Å². The molecule has 0 aromatic heterocycles. The zero-order valence-corrected chi connectivity index (χ0v) is 13.2. The lowest BCUT2D eigenvalue weighted by Crippen LogP contribution is -2.51. The van der Waals surface area contributed by atoms with E-state index in [-0.39, 0.29) is 17.1 Å². The zero-order valence-electron chi connectivity index (χ0n) is 13.2. The number of anilines is 2. The molecule has 0 N–H and O–H groups in total. The van der Waals surface area contributed by atoms with Crippen molar-refractivity contribution in [2.24, 2.45) is 0 Å². The van der Waals surface area contributed by atoms with Crippen LogP contribution < -0.4 is 9.80 Å². The lowest BCUT2D eigenvalue weighted by atomic mass is 9.85. The summed E-state index contributed by atoms with van der Waals surface area (Å²) >= 11 is 0. The van der Waals surface area contributed by atoms with Crippen molar-refractivity contribution >= 4 is 17.3 Å². The number of para-hydroxylation sites is 2. The molecule has 3 aliphatic rings. The van der Waals surface area contributed by atoms with Crippen LogP contribution in [0.25, 0.3) is 0 Å². The highest BCUT2D eigenvalue weighted by Gasteiger charge is 2.69. The van der Waals surface area contributed by atoms with Crippen LogP contribution in [0.4, 0.5) is 11.4 Å². The van der Waals surface area contributed by atoms with Gasteiger partial charge in [-0.25, -0.2) is 0 Å². The van der Waals surface area contributed by atoms with Crippen molar-refractivity contribution in [3.8, 4) is 0 Å². The number of rotatable bonds is 0. The molecule has 1 aromatic rings. The van der Waals surface area contributed by atoms with Crippen LogP contribution in [0, 0.1) is 0 Å². The largest absolute Gasteiger partial charge is 0.347 e. The van der Waals surface area contributed by atoms with E-state index < -0.39 is 0 Å². The van der Waals surface area contributed by atoms with E-state index in [0.29, 0.717) is 5.91 Å². The molecule has 3 heteroatoms. The molecule has 1 spiro atoms. The molecule has 1 atom stereocenters. The van der Waals surface area contributed by atoms with Gasteiger partial charge in [0.05, 0.1) is 16.9 Å². The summed E-state index contributed by atoms with van der Waals surface area (Å²) < 4.78 is 0. The van der Waals surface area contributed by atoms with Gasteiger partial charge in [-0.2, -0.15) is 0 Å². The Bertz CT molecular complexity index is 595. The molecule has 21 heavy (non-hydrogen) atoms. The van der Waals surface area contributed by atoms with Crippen molar-refractivity contribution in [1.82, 2.24) is 0 Å². The Labute approximate surface area is 126 Å². The van der Waals surface area contributed by atoms with Crippen molar-refractivity contribution < 1.29 is 4.79 Å². The van der Waals surface area contributed by atoms with Gasteiger partial charge in [-0.1, -0.05) is 31.4 Å². The number of benzene rings is 1. The highest BCUT2D eigenvalue weighted by molar-refractivity contribution is 6.12. The summed E-state index contributed by atoms with van der Waals surface area (Å²) in [6, 6.07) is 8.52. The molecule has 2 fully saturated rings. The Balaban J connectivity index is 1.84. The van der Waals surface area contributed by atoms with Gasteiger partial charge in [-0.15, -0.1) is 0 Å². The summed E-state index contributed by atoms with van der Waals surface area (Å²) in [5.41, 5.74) is 2.32. The van der Waals surface area contributed by atoms with Crippen LogP contribution in [-0.2, 0) is 4.79 Å². The second-order valence-electron chi connectivity index (χ2n) is 7.77. The maximum absolute atomic E-state index is 13.1. The Morgan fingerprint density at radius 3 is 2.29 bits per heavy atom. The van der Waals surface area contributed by atoms with Gasteiger partial charge in [0.1, 0.15) is 6.04 Å². The molecular formula is C18H24N2O. The highest BCUT2D eigenvalue weighted by atomic mass is 16.2. The van der Waals surface area contributed by atoms with Gasteiger partial charge in [-0.05, 0) is 45.7 Å². The van der Waals surface area contributed by atoms with E-state index in [1.54, 1.807) is 0 Å². The zero-order chi connectivity index (χ0) is 14.8. The van der Waals surface area contributed by atoms with Gasteiger partial charge in [0.25, 0.3) is 5.91 Å². The minimum atomic E-state index is -0.169. The van der Waals surface area contributed by atoms with E-state index in [2.05, 4.69) is 43.9 Å². The third-order valence-electron chi connectivity index (χ3n) is 5.41. The normalized spacial score (nSPS) is 26.6. The van der Waals surface area contributed by atoms with E-state index in [1.807, 2.05) is 11.0 Å². The number of amides is 1. The summed E-state index contributed by atoms with van der Waals surface area (Å²) in [5, 5.41) is 0. The Hall–Kier alpha value is -1.51. The lowest BCUT2D eigenvalue weighted by molar-refractivity contribution is -0.119. The first-order chi connectivity index (χ1) is 9.97. The minimum absolute atomic E-state index is 0.0897. The van der Waals surface area contributed by atoms with Crippen LogP contribution in [0.15, 0.2) is 24.3 Å². The maximum Gasteiger partial charge on any atom is 0.252 e. The SMILES string of the molecule is CC(C)(C)N1C(=O)C2N(c3ccccc31)C21CCCCC1. The van der Waals surface area contributed by atoms with Gasteiger partial charge in [0, 0.05) is 5.54 Å². The second-order valence-corrected chi connectivity index (χ2v) is 7.77. The summed E-state index contributed by atoms with van der Waals surface area (Å²) in [7, 11) is 0. The molecule has 1 amide bonds. The van der Waals surface area contributed by atoms with E-state index in [1.165, 1.54) is 37.8 Å². The maximum atomic E-state index is 13.1. The van der Waals surface area contributed by atoms with Crippen molar-refractivity contribution in [2.45, 2.75) is 70.0 Å². The summed E-state index contributed by atoms with van der Waals surface area (Å²) in [6.45, 7) is 6.40. The highest BCUT2D eigenvalue weighted by Crippen LogP contribution is 2.59. The monoisotopic (exact) mass is 284 g/mol. The lowest BCUT2D eigenvalue weighted by Gasteiger charge is -2.39. The Morgan fingerprint density at radius 2 is 1.67 bits per heavy atom. The number of hydrogen-bond acceptors (Lipinski definition) is 2. The fourth-order valence-corrected chi connectivity index (χ4v) is 4.56. The van der Waals surface area contributed by atoms with E-state index in [4.69, 9.17) is 0 Å². The first-order valence-electron chi connectivity index (χ1n) is 8.19. The molecule has 1 saturated carbocycles. The second kappa shape index (κ2) is 4.02. The molecule has 4 rings (SSSR count). The first kappa shape index (κ1) is 13.2. The number of hydrogen-bond donors (Lipinski definition) is 0. The number of nitrogens with zero attached hydrogens (tertiary/aromatic N) is 2. The molecule has 3 nitrogen and oxygen atoms in total. The van der Waals surface area contributed by atoms with E-state index in [9.17, 15) is 4.79 Å². The van der Waals surface area contributed by atoms with E-state index in [0.717, 1.165) is 5.69 Å². The van der Waals surface area contributed by atoms with Crippen molar-refractivity contribution in [2.75, 3.05) is 9.80 Å². The third kappa shape index (κ3) is 1.63. The predicted octanol–water partition coefficient (Wildman–Crippen LogP) is 3.72. The molecule has 1 unspecified atom stereocenters. The molecule has 1 saturated heterocycles. The summed E-state index contributed by atoms with van der Waals surface area (Å²) in [6.07, 6.45) is 6.20. The molecule has 1 aliphatic carbocycles. The van der Waals surface area contributed by atoms with Gasteiger partial charge in [0.2, 0.25) is 0 Å². The molecular weight excluding hydrogens is 260 g/mol. The standard InChI is InChI=1S/C18H24N2O/c1-17(2,3)20-14-10-6-5-9-13(14)19-15(16(20)21)18(19)11-7-4-8-12-18/h5-6,9-10,15H,4,7-8,11-12H2,1-3H3. The Morgan fingerprint density at radius 1 is 1.05 bits per heavy atom. The average molecular weight is 284 g/mol. The van der Waals surface area contributed by atoms with Crippen LogP contribution >= 0.6 is 0 Å². The van der Waals surface area contributed by atoms with Crippen LogP contribution in [0.3, 0.4) is 0 Å². The van der Waals surface area contributed by atoms with Crippen LogP contribution in [0.1, 0.15) is 52.9 Å². The number of fused-ring (bicyclic) bond motifs is 5. The van der Waals surface area contributed by atoms with Crippen LogP contribution in [0.5, 0.6) is 0 Å². The smallest absolute Gasteiger partial charge is 0.252 e.